The summed E-state index contributed by atoms with van der Waals surface area (Å²) in [7, 11) is 0. The van der Waals surface area contributed by atoms with Crippen molar-refractivity contribution in [1.82, 2.24) is 9.55 Å². The summed E-state index contributed by atoms with van der Waals surface area (Å²) < 4.78 is 7.37. The zero-order valence-corrected chi connectivity index (χ0v) is 12.8. The Morgan fingerprint density at radius 1 is 1.45 bits per heavy atom. The first-order valence-electron chi connectivity index (χ1n) is 7.13. The third-order valence-corrected chi connectivity index (χ3v) is 3.73. The molecule has 1 aliphatic heterocycles. The minimum atomic E-state index is -0.0115. The van der Waals surface area contributed by atoms with Crippen LogP contribution >= 0.6 is 11.6 Å². The molecule has 0 spiro atoms. The highest BCUT2D eigenvalue weighted by atomic mass is 35.5. The molecule has 0 aliphatic carbocycles. The predicted octanol–water partition coefficient (Wildman–Crippen LogP) is 2.05. The van der Waals surface area contributed by atoms with Crippen LogP contribution in [-0.2, 0) is 4.74 Å². The SMILES string of the molecule is CC(C)n1ccnc(N2CCC(OCCCl)CC2)c1=O. The van der Waals surface area contributed by atoms with E-state index in [4.69, 9.17) is 16.3 Å². The number of nitrogens with zero attached hydrogens (tertiary/aromatic N) is 3. The van der Waals surface area contributed by atoms with Gasteiger partial charge in [-0.15, -0.1) is 11.6 Å². The highest BCUT2D eigenvalue weighted by Gasteiger charge is 2.22. The van der Waals surface area contributed by atoms with Crippen LogP contribution in [0.1, 0.15) is 32.7 Å². The summed E-state index contributed by atoms with van der Waals surface area (Å²) in [6.45, 7) is 6.19. The molecule has 5 nitrogen and oxygen atoms in total. The maximum absolute atomic E-state index is 12.4. The molecule has 0 bridgehead atoms. The maximum atomic E-state index is 12.4. The summed E-state index contributed by atoms with van der Waals surface area (Å²) in [6, 6.07) is 0.147. The molecule has 2 rings (SSSR count). The average molecular weight is 300 g/mol. The summed E-state index contributed by atoms with van der Waals surface area (Å²) in [5, 5.41) is 0. The number of hydrogen-bond donors (Lipinski definition) is 0. The molecule has 1 aromatic rings. The van der Waals surface area contributed by atoms with Crippen molar-refractivity contribution in [2.45, 2.75) is 38.8 Å². The van der Waals surface area contributed by atoms with Gasteiger partial charge in [-0.1, -0.05) is 0 Å². The first-order valence-corrected chi connectivity index (χ1v) is 7.66. The monoisotopic (exact) mass is 299 g/mol. The molecule has 0 N–H and O–H groups in total. The van der Waals surface area contributed by atoms with Gasteiger partial charge in [0.1, 0.15) is 0 Å². The average Bonchev–Trinajstić information content (AvgIpc) is 2.46. The zero-order chi connectivity index (χ0) is 14.5. The van der Waals surface area contributed by atoms with E-state index in [0.717, 1.165) is 25.9 Å². The summed E-state index contributed by atoms with van der Waals surface area (Å²) in [5.41, 5.74) is -0.0115. The van der Waals surface area contributed by atoms with E-state index in [1.165, 1.54) is 0 Å². The number of ether oxygens (including phenoxy) is 1. The first kappa shape index (κ1) is 15.3. The normalized spacial score (nSPS) is 16.9. The van der Waals surface area contributed by atoms with Gasteiger partial charge in [0.15, 0.2) is 5.82 Å². The summed E-state index contributed by atoms with van der Waals surface area (Å²) in [4.78, 5) is 18.7. The lowest BCUT2D eigenvalue weighted by atomic mass is 10.1. The van der Waals surface area contributed by atoms with E-state index in [9.17, 15) is 4.79 Å². The summed E-state index contributed by atoms with van der Waals surface area (Å²) >= 11 is 5.62. The number of anilines is 1. The van der Waals surface area contributed by atoms with Gasteiger partial charge in [-0.25, -0.2) is 4.98 Å². The number of rotatable bonds is 5. The minimum absolute atomic E-state index is 0.0115. The van der Waals surface area contributed by atoms with E-state index >= 15 is 0 Å². The minimum Gasteiger partial charge on any atom is -0.377 e. The third-order valence-electron chi connectivity index (χ3n) is 3.58. The van der Waals surface area contributed by atoms with Crippen LogP contribution in [0.4, 0.5) is 5.82 Å². The Bertz CT molecular complexity index is 482. The van der Waals surface area contributed by atoms with Gasteiger partial charge in [0.25, 0.3) is 5.56 Å². The van der Waals surface area contributed by atoms with Gasteiger partial charge in [-0.05, 0) is 26.7 Å². The molecule has 0 atom stereocenters. The zero-order valence-electron chi connectivity index (χ0n) is 12.1. The fourth-order valence-electron chi connectivity index (χ4n) is 2.48. The Morgan fingerprint density at radius 3 is 2.75 bits per heavy atom. The molecule has 112 valence electrons. The van der Waals surface area contributed by atoms with Crippen molar-refractivity contribution in [3.8, 4) is 0 Å². The number of aromatic nitrogens is 2. The number of alkyl halides is 1. The van der Waals surface area contributed by atoms with E-state index < -0.39 is 0 Å². The molecule has 0 radical (unpaired) electrons. The Kier molecular flexibility index (Phi) is 5.43. The Labute approximate surface area is 124 Å². The van der Waals surface area contributed by atoms with Gasteiger partial charge in [-0.2, -0.15) is 0 Å². The molecule has 20 heavy (non-hydrogen) atoms. The third kappa shape index (κ3) is 3.52. The van der Waals surface area contributed by atoms with Crippen molar-refractivity contribution in [1.29, 1.82) is 0 Å². The van der Waals surface area contributed by atoms with Gasteiger partial charge >= 0.3 is 0 Å². The van der Waals surface area contributed by atoms with Crippen LogP contribution in [0.25, 0.3) is 0 Å². The van der Waals surface area contributed by atoms with Crippen molar-refractivity contribution in [2.75, 3.05) is 30.5 Å². The highest BCUT2D eigenvalue weighted by Crippen LogP contribution is 2.17. The molecule has 1 aromatic heterocycles. The fraction of sp³-hybridized carbons (Fsp3) is 0.714. The van der Waals surface area contributed by atoms with Gasteiger partial charge in [0.05, 0.1) is 12.7 Å². The second kappa shape index (κ2) is 7.09. The van der Waals surface area contributed by atoms with Gasteiger partial charge in [0.2, 0.25) is 0 Å². The van der Waals surface area contributed by atoms with Crippen molar-refractivity contribution >= 4 is 17.4 Å². The largest absolute Gasteiger partial charge is 0.377 e. The molecule has 0 unspecified atom stereocenters. The quantitative estimate of drug-likeness (QED) is 0.781. The van der Waals surface area contributed by atoms with E-state index in [1.807, 2.05) is 13.8 Å². The van der Waals surface area contributed by atoms with E-state index in [2.05, 4.69) is 9.88 Å². The van der Waals surface area contributed by atoms with Crippen molar-refractivity contribution in [2.24, 2.45) is 0 Å². The Morgan fingerprint density at radius 2 is 2.15 bits per heavy atom. The molecular formula is C14H22ClN3O2. The molecule has 2 heterocycles. The van der Waals surface area contributed by atoms with Crippen LogP contribution in [0.2, 0.25) is 0 Å². The van der Waals surface area contributed by atoms with Crippen LogP contribution in [0, 0.1) is 0 Å². The lowest BCUT2D eigenvalue weighted by Crippen LogP contribution is -2.41. The number of halogens is 1. The molecule has 1 fully saturated rings. The fourth-order valence-corrected chi connectivity index (χ4v) is 2.57. The Hall–Kier alpha value is -1.07. The lowest BCUT2D eigenvalue weighted by molar-refractivity contribution is 0.0470. The van der Waals surface area contributed by atoms with E-state index in [0.29, 0.717) is 18.3 Å². The highest BCUT2D eigenvalue weighted by molar-refractivity contribution is 6.17. The van der Waals surface area contributed by atoms with Gasteiger partial charge < -0.3 is 14.2 Å². The molecule has 6 heteroatoms. The molecule has 0 amide bonds. The molecular weight excluding hydrogens is 278 g/mol. The van der Waals surface area contributed by atoms with Gasteiger partial charge in [0, 0.05) is 37.4 Å². The maximum Gasteiger partial charge on any atom is 0.293 e. The van der Waals surface area contributed by atoms with E-state index in [1.54, 1.807) is 17.0 Å². The second-order valence-corrected chi connectivity index (χ2v) is 5.68. The standard InChI is InChI=1S/C14H22ClN3O2/c1-11(2)18-9-6-16-13(14(18)19)17-7-3-12(4-8-17)20-10-5-15/h6,9,11-12H,3-5,7-8,10H2,1-2H3. The van der Waals surface area contributed by atoms with Crippen molar-refractivity contribution in [3.05, 3.63) is 22.7 Å². The lowest BCUT2D eigenvalue weighted by Gasteiger charge is -2.32. The Balaban J connectivity index is 2.04. The topological polar surface area (TPSA) is 47.4 Å². The van der Waals surface area contributed by atoms with Crippen LogP contribution in [-0.4, -0.2) is 41.2 Å². The number of hydrogen-bond acceptors (Lipinski definition) is 4. The first-order chi connectivity index (χ1) is 9.63. The van der Waals surface area contributed by atoms with Gasteiger partial charge in [-0.3, -0.25) is 4.79 Å². The van der Waals surface area contributed by atoms with Crippen LogP contribution in [0.3, 0.4) is 0 Å². The molecule has 0 aromatic carbocycles. The summed E-state index contributed by atoms with van der Waals surface area (Å²) in [5.74, 6) is 1.08. The molecule has 0 saturated carbocycles. The number of piperidine rings is 1. The second-order valence-electron chi connectivity index (χ2n) is 5.30. The van der Waals surface area contributed by atoms with Crippen molar-refractivity contribution < 1.29 is 4.74 Å². The van der Waals surface area contributed by atoms with Crippen LogP contribution in [0.15, 0.2) is 17.2 Å². The molecule has 1 aliphatic rings. The van der Waals surface area contributed by atoms with Crippen LogP contribution < -0.4 is 10.5 Å². The van der Waals surface area contributed by atoms with Crippen LogP contribution in [0.5, 0.6) is 0 Å². The smallest absolute Gasteiger partial charge is 0.293 e. The van der Waals surface area contributed by atoms with Crippen molar-refractivity contribution in [3.63, 3.8) is 0 Å². The van der Waals surface area contributed by atoms with E-state index in [-0.39, 0.29) is 17.7 Å². The molecule has 1 saturated heterocycles. The summed E-state index contributed by atoms with van der Waals surface area (Å²) in [6.07, 6.45) is 5.52. The predicted molar refractivity (Wildman–Crippen MR) is 80.8 cm³/mol.